The van der Waals surface area contributed by atoms with Crippen LogP contribution < -0.4 is 0 Å². The molecule has 0 aliphatic carbocycles. The first-order chi connectivity index (χ1) is 10.6. The van der Waals surface area contributed by atoms with Gasteiger partial charge in [0.15, 0.2) is 0 Å². The van der Waals surface area contributed by atoms with Gasteiger partial charge in [0, 0.05) is 19.8 Å². The van der Waals surface area contributed by atoms with Gasteiger partial charge in [0.1, 0.15) is 5.76 Å². The number of amides is 1. The summed E-state index contributed by atoms with van der Waals surface area (Å²) in [6.07, 6.45) is 4.28. The van der Waals surface area contributed by atoms with Crippen LogP contribution in [0.15, 0.2) is 22.8 Å². The maximum atomic E-state index is 12.5. The zero-order chi connectivity index (χ0) is 15.8. The van der Waals surface area contributed by atoms with Crippen molar-refractivity contribution in [2.24, 2.45) is 5.92 Å². The molecule has 0 N–H and O–H groups in total. The molecule has 1 amide bonds. The summed E-state index contributed by atoms with van der Waals surface area (Å²) in [6, 6.07) is 3.74. The monoisotopic (exact) mass is 309 g/mol. The van der Waals surface area contributed by atoms with E-state index in [9.17, 15) is 4.79 Å². The van der Waals surface area contributed by atoms with Gasteiger partial charge in [0.2, 0.25) is 5.91 Å². The molecule has 0 saturated carbocycles. The highest BCUT2D eigenvalue weighted by atomic mass is 16.5. The van der Waals surface area contributed by atoms with Gasteiger partial charge in [-0.1, -0.05) is 13.8 Å². The topological polar surface area (TPSA) is 51.9 Å². The quantitative estimate of drug-likeness (QED) is 0.658. The average Bonchev–Trinajstić information content (AvgIpc) is 3.16. The van der Waals surface area contributed by atoms with Gasteiger partial charge in [-0.2, -0.15) is 0 Å². The average molecular weight is 309 g/mol. The summed E-state index contributed by atoms with van der Waals surface area (Å²) in [7, 11) is 0. The van der Waals surface area contributed by atoms with Crippen LogP contribution in [0.2, 0.25) is 0 Å². The predicted octanol–water partition coefficient (Wildman–Crippen LogP) is 2.85. The van der Waals surface area contributed by atoms with Crippen molar-refractivity contribution in [3.8, 4) is 0 Å². The first kappa shape index (κ1) is 17.0. The fourth-order valence-corrected chi connectivity index (χ4v) is 2.52. The van der Waals surface area contributed by atoms with Crippen molar-refractivity contribution in [2.45, 2.75) is 45.8 Å². The van der Waals surface area contributed by atoms with Crippen LogP contribution in [-0.4, -0.2) is 43.3 Å². The molecule has 1 atom stereocenters. The molecule has 0 radical (unpaired) electrons. The van der Waals surface area contributed by atoms with Gasteiger partial charge in [0.25, 0.3) is 0 Å². The van der Waals surface area contributed by atoms with Gasteiger partial charge < -0.3 is 18.8 Å². The van der Waals surface area contributed by atoms with E-state index in [2.05, 4.69) is 13.8 Å². The molecule has 1 aromatic heterocycles. The first-order valence-electron chi connectivity index (χ1n) is 8.14. The zero-order valence-corrected chi connectivity index (χ0v) is 13.6. The standard InChI is InChI=1S/C17H27NO4/c1-14(2)13-20-10-7-17(19)18(11-15-5-3-8-21-15)12-16-6-4-9-22-16/h3,5,8,14,16H,4,6-7,9-13H2,1-2H3. The normalized spacial score (nSPS) is 18.0. The highest BCUT2D eigenvalue weighted by Gasteiger charge is 2.23. The smallest absolute Gasteiger partial charge is 0.225 e. The van der Waals surface area contributed by atoms with Crippen LogP contribution in [0, 0.1) is 5.92 Å². The van der Waals surface area contributed by atoms with E-state index in [1.54, 1.807) is 6.26 Å². The summed E-state index contributed by atoms with van der Waals surface area (Å²) in [4.78, 5) is 14.3. The van der Waals surface area contributed by atoms with Gasteiger partial charge in [-0.25, -0.2) is 0 Å². The number of ether oxygens (including phenoxy) is 2. The van der Waals surface area contributed by atoms with Gasteiger partial charge in [0.05, 0.1) is 31.9 Å². The van der Waals surface area contributed by atoms with E-state index in [1.165, 1.54) is 0 Å². The van der Waals surface area contributed by atoms with E-state index >= 15 is 0 Å². The summed E-state index contributed by atoms with van der Waals surface area (Å²) in [5.41, 5.74) is 0. The molecule has 2 rings (SSSR count). The molecule has 0 spiro atoms. The zero-order valence-electron chi connectivity index (χ0n) is 13.6. The Kier molecular flexibility index (Phi) is 6.93. The molecule has 1 aliphatic heterocycles. The first-order valence-corrected chi connectivity index (χ1v) is 8.14. The van der Waals surface area contributed by atoms with Crippen molar-refractivity contribution < 1.29 is 18.7 Å². The molecule has 0 aromatic carbocycles. The molecule has 1 aromatic rings. The number of rotatable bonds is 9. The fourth-order valence-electron chi connectivity index (χ4n) is 2.52. The third-order valence-corrected chi connectivity index (χ3v) is 3.64. The lowest BCUT2D eigenvalue weighted by Crippen LogP contribution is -2.37. The Morgan fingerprint density at radius 1 is 1.50 bits per heavy atom. The largest absolute Gasteiger partial charge is 0.467 e. The molecule has 124 valence electrons. The number of carbonyl (C=O) groups is 1. The number of carbonyl (C=O) groups excluding carboxylic acids is 1. The van der Waals surface area contributed by atoms with Crippen LogP contribution in [0.25, 0.3) is 0 Å². The SMILES string of the molecule is CC(C)COCCC(=O)N(Cc1ccco1)CC1CCCO1. The van der Waals surface area contributed by atoms with Crippen LogP contribution in [0.3, 0.4) is 0 Å². The van der Waals surface area contributed by atoms with E-state index < -0.39 is 0 Å². The molecule has 2 heterocycles. The van der Waals surface area contributed by atoms with Gasteiger partial charge >= 0.3 is 0 Å². The molecule has 5 nitrogen and oxygen atoms in total. The Bertz CT molecular complexity index is 424. The predicted molar refractivity (Wildman–Crippen MR) is 83.4 cm³/mol. The lowest BCUT2D eigenvalue weighted by molar-refractivity contribution is -0.135. The second kappa shape index (κ2) is 8.96. The van der Waals surface area contributed by atoms with Gasteiger partial charge in [-0.15, -0.1) is 0 Å². The Morgan fingerprint density at radius 3 is 3.00 bits per heavy atom. The summed E-state index contributed by atoms with van der Waals surface area (Å²) in [5, 5.41) is 0. The van der Waals surface area contributed by atoms with Crippen molar-refractivity contribution in [2.75, 3.05) is 26.4 Å². The third kappa shape index (κ3) is 5.81. The number of furan rings is 1. The highest BCUT2D eigenvalue weighted by molar-refractivity contribution is 5.76. The molecule has 1 fully saturated rings. The van der Waals surface area contributed by atoms with E-state index in [4.69, 9.17) is 13.9 Å². The van der Waals surface area contributed by atoms with Crippen molar-refractivity contribution in [3.63, 3.8) is 0 Å². The second-order valence-electron chi connectivity index (χ2n) is 6.21. The minimum absolute atomic E-state index is 0.0932. The number of nitrogens with zero attached hydrogens (tertiary/aromatic N) is 1. The molecule has 1 unspecified atom stereocenters. The van der Waals surface area contributed by atoms with E-state index in [0.717, 1.165) is 25.2 Å². The maximum Gasteiger partial charge on any atom is 0.225 e. The van der Waals surface area contributed by atoms with Crippen molar-refractivity contribution in [1.29, 1.82) is 0 Å². The molecule has 0 bridgehead atoms. The fraction of sp³-hybridized carbons (Fsp3) is 0.706. The summed E-state index contributed by atoms with van der Waals surface area (Å²) >= 11 is 0. The lowest BCUT2D eigenvalue weighted by atomic mass is 10.2. The van der Waals surface area contributed by atoms with E-state index in [0.29, 0.717) is 38.6 Å². The number of hydrogen-bond acceptors (Lipinski definition) is 4. The summed E-state index contributed by atoms with van der Waals surface area (Å²) in [6.45, 7) is 7.28. The van der Waals surface area contributed by atoms with Crippen LogP contribution in [0.1, 0.15) is 38.9 Å². The van der Waals surface area contributed by atoms with Gasteiger partial charge in [-0.3, -0.25) is 4.79 Å². The van der Waals surface area contributed by atoms with Crippen LogP contribution in [0.4, 0.5) is 0 Å². The van der Waals surface area contributed by atoms with E-state index in [-0.39, 0.29) is 12.0 Å². The second-order valence-corrected chi connectivity index (χ2v) is 6.21. The van der Waals surface area contributed by atoms with Crippen LogP contribution in [0.5, 0.6) is 0 Å². The Hall–Kier alpha value is -1.33. The Balaban J connectivity index is 1.83. The highest BCUT2D eigenvalue weighted by Crippen LogP contribution is 2.16. The molecule has 1 saturated heterocycles. The molecular weight excluding hydrogens is 282 g/mol. The Morgan fingerprint density at radius 2 is 2.36 bits per heavy atom. The van der Waals surface area contributed by atoms with Crippen molar-refractivity contribution in [3.05, 3.63) is 24.2 Å². The molecule has 1 aliphatic rings. The lowest BCUT2D eigenvalue weighted by Gasteiger charge is -2.24. The Labute approximate surface area is 132 Å². The van der Waals surface area contributed by atoms with Crippen LogP contribution in [-0.2, 0) is 20.8 Å². The molecule has 22 heavy (non-hydrogen) atoms. The molecular formula is C17H27NO4. The van der Waals surface area contributed by atoms with Crippen molar-refractivity contribution >= 4 is 5.91 Å². The maximum absolute atomic E-state index is 12.5. The number of hydrogen-bond donors (Lipinski definition) is 0. The molecule has 5 heteroatoms. The van der Waals surface area contributed by atoms with Crippen LogP contribution >= 0.6 is 0 Å². The van der Waals surface area contributed by atoms with E-state index in [1.807, 2.05) is 17.0 Å². The summed E-state index contributed by atoms with van der Waals surface area (Å²) in [5.74, 6) is 1.38. The van der Waals surface area contributed by atoms with Gasteiger partial charge in [-0.05, 0) is 30.9 Å². The minimum atomic E-state index is 0.0932. The third-order valence-electron chi connectivity index (χ3n) is 3.64. The summed E-state index contributed by atoms with van der Waals surface area (Å²) < 4.78 is 16.5. The minimum Gasteiger partial charge on any atom is -0.467 e. The van der Waals surface area contributed by atoms with Crippen molar-refractivity contribution in [1.82, 2.24) is 4.90 Å².